The highest BCUT2D eigenvalue weighted by atomic mass is 19.4. The van der Waals surface area contributed by atoms with E-state index in [9.17, 15) is 22.8 Å². The number of nitrogens with one attached hydrogen (secondary N) is 1. The van der Waals surface area contributed by atoms with Crippen LogP contribution in [0.15, 0.2) is 29.1 Å². The van der Waals surface area contributed by atoms with Crippen LogP contribution in [0.2, 0.25) is 0 Å². The third-order valence-electron chi connectivity index (χ3n) is 4.47. The lowest BCUT2D eigenvalue weighted by atomic mass is 10.1. The molecule has 1 aromatic heterocycles. The quantitative estimate of drug-likeness (QED) is 0.860. The second kappa shape index (κ2) is 7.59. The standard InChI is InChI=1S/C18H19F3N2O4/c1-26-13-5-4-11-7-12(16(24)22-15(11)8-13)9-23(17(25)18(19,20)21)10-14-3-2-6-27-14/h4-5,7-8,14H,2-3,6,9-10H2,1H3,(H,22,24)/t14-/m1/s1. The van der Waals surface area contributed by atoms with Gasteiger partial charge in [0.2, 0.25) is 0 Å². The van der Waals surface area contributed by atoms with Gasteiger partial charge in [-0.1, -0.05) is 0 Å². The molecule has 9 heteroatoms. The third kappa shape index (κ3) is 4.41. The number of nitrogens with zero attached hydrogens (tertiary/aromatic N) is 1. The van der Waals surface area contributed by atoms with E-state index in [-0.39, 0.29) is 12.1 Å². The topological polar surface area (TPSA) is 71.6 Å². The van der Waals surface area contributed by atoms with Crippen LogP contribution in [0.1, 0.15) is 18.4 Å². The Bertz CT molecular complexity index is 888. The first kappa shape index (κ1) is 19.2. The van der Waals surface area contributed by atoms with Gasteiger partial charge in [-0.05, 0) is 36.4 Å². The summed E-state index contributed by atoms with van der Waals surface area (Å²) >= 11 is 0. The van der Waals surface area contributed by atoms with Crippen molar-refractivity contribution in [2.75, 3.05) is 20.3 Å². The normalized spacial score (nSPS) is 17.3. The number of H-pyrrole nitrogens is 1. The molecule has 1 aromatic carbocycles. The van der Waals surface area contributed by atoms with Crippen LogP contribution in [-0.2, 0) is 16.1 Å². The summed E-state index contributed by atoms with van der Waals surface area (Å²) in [5.74, 6) is -1.44. The van der Waals surface area contributed by atoms with Crippen LogP contribution in [0, 0.1) is 0 Å². The molecule has 0 unspecified atom stereocenters. The summed E-state index contributed by atoms with van der Waals surface area (Å²) in [6.07, 6.45) is -4.16. The van der Waals surface area contributed by atoms with E-state index >= 15 is 0 Å². The number of alkyl halides is 3. The smallest absolute Gasteiger partial charge is 0.471 e. The highest BCUT2D eigenvalue weighted by Gasteiger charge is 2.43. The zero-order chi connectivity index (χ0) is 19.6. The van der Waals surface area contributed by atoms with E-state index in [2.05, 4.69) is 4.98 Å². The molecule has 6 nitrogen and oxygen atoms in total. The van der Waals surface area contributed by atoms with Crippen LogP contribution in [0.3, 0.4) is 0 Å². The number of pyridine rings is 1. The molecule has 2 heterocycles. The van der Waals surface area contributed by atoms with Crippen molar-refractivity contribution in [1.29, 1.82) is 0 Å². The van der Waals surface area contributed by atoms with Gasteiger partial charge in [0, 0.05) is 24.8 Å². The Morgan fingerprint density at radius 1 is 1.37 bits per heavy atom. The predicted molar refractivity (Wildman–Crippen MR) is 91.6 cm³/mol. The van der Waals surface area contributed by atoms with E-state index in [1.54, 1.807) is 18.2 Å². The van der Waals surface area contributed by atoms with Crippen molar-refractivity contribution in [2.24, 2.45) is 0 Å². The average molecular weight is 384 g/mol. The fourth-order valence-electron chi connectivity index (χ4n) is 3.11. The van der Waals surface area contributed by atoms with E-state index in [0.29, 0.717) is 34.6 Å². The summed E-state index contributed by atoms with van der Waals surface area (Å²) in [5, 5.41) is 0.627. The van der Waals surface area contributed by atoms with Gasteiger partial charge in [-0.2, -0.15) is 13.2 Å². The Kier molecular flexibility index (Phi) is 5.41. The van der Waals surface area contributed by atoms with Crippen LogP contribution in [0.25, 0.3) is 10.9 Å². The number of hydrogen-bond donors (Lipinski definition) is 1. The number of halogens is 3. The van der Waals surface area contributed by atoms with E-state index in [0.717, 1.165) is 6.42 Å². The summed E-state index contributed by atoms with van der Waals surface area (Å²) in [6.45, 7) is -0.203. The second-order valence-corrected chi connectivity index (χ2v) is 6.40. The zero-order valence-electron chi connectivity index (χ0n) is 14.6. The number of hydrogen-bond acceptors (Lipinski definition) is 4. The molecule has 0 aliphatic carbocycles. The van der Waals surface area contributed by atoms with Gasteiger partial charge in [0.1, 0.15) is 5.75 Å². The zero-order valence-corrected chi connectivity index (χ0v) is 14.6. The van der Waals surface area contributed by atoms with Crippen molar-refractivity contribution in [3.8, 4) is 5.75 Å². The Balaban J connectivity index is 1.90. The molecule has 1 fully saturated rings. The van der Waals surface area contributed by atoms with Gasteiger partial charge >= 0.3 is 12.1 Å². The first-order valence-corrected chi connectivity index (χ1v) is 8.45. The fourth-order valence-corrected chi connectivity index (χ4v) is 3.11. The molecular formula is C18H19F3N2O4. The summed E-state index contributed by atoms with van der Waals surface area (Å²) < 4.78 is 49.4. The van der Waals surface area contributed by atoms with Gasteiger partial charge in [0.15, 0.2) is 0 Å². The van der Waals surface area contributed by atoms with E-state index < -0.39 is 30.3 Å². The molecule has 1 atom stereocenters. The number of carbonyl (C=O) groups excluding carboxylic acids is 1. The maximum atomic E-state index is 13.0. The van der Waals surface area contributed by atoms with Crippen molar-refractivity contribution in [1.82, 2.24) is 9.88 Å². The molecule has 146 valence electrons. The first-order valence-electron chi connectivity index (χ1n) is 8.45. The number of aromatic amines is 1. The van der Waals surface area contributed by atoms with Crippen LogP contribution < -0.4 is 10.3 Å². The number of aromatic nitrogens is 1. The minimum atomic E-state index is -5.02. The molecule has 0 saturated carbocycles. The number of carbonyl (C=O) groups is 1. The second-order valence-electron chi connectivity index (χ2n) is 6.40. The third-order valence-corrected chi connectivity index (χ3v) is 4.47. The highest BCUT2D eigenvalue weighted by Crippen LogP contribution is 2.23. The average Bonchev–Trinajstić information content (AvgIpc) is 3.13. The van der Waals surface area contributed by atoms with Crippen LogP contribution >= 0.6 is 0 Å². The molecule has 0 spiro atoms. The molecule has 1 saturated heterocycles. The number of methoxy groups -OCH3 is 1. The molecule has 2 aromatic rings. The van der Waals surface area contributed by atoms with E-state index in [4.69, 9.17) is 9.47 Å². The summed E-state index contributed by atoms with van der Waals surface area (Å²) in [5.41, 5.74) is 0.0160. The van der Waals surface area contributed by atoms with Crippen molar-refractivity contribution in [3.05, 3.63) is 40.2 Å². The van der Waals surface area contributed by atoms with Crippen molar-refractivity contribution >= 4 is 16.8 Å². The first-order chi connectivity index (χ1) is 12.8. The maximum Gasteiger partial charge on any atom is 0.471 e. The Hall–Kier alpha value is -2.55. The van der Waals surface area contributed by atoms with Gasteiger partial charge in [-0.25, -0.2) is 0 Å². The van der Waals surface area contributed by atoms with E-state index in [1.165, 1.54) is 13.2 Å². The largest absolute Gasteiger partial charge is 0.497 e. The van der Waals surface area contributed by atoms with Crippen molar-refractivity contribution in [2.45, 2.75) is 31.7 Å². The Labute approximate surface area is 152 Å². The van der Waals surface area contributed by atoms with E-state index in [1.807, 2.05) is 0 Å². The fraction of sp³-hybridized carbons (Fsp3) is 0.444. The monoisotopic (exact) mass is 384 g/mol. The van der Waals surface area contributed by atoms with Gasteiger partial charge in [0.25, 0.3) is 5.56 Å². The van der Waals surface area contributed by atoms with Crippen molar-refractivity contribution < 1.29 is 27.4 Å². The predicted octanol–water partition coefficient (Wildman–Crippen LogP) is 2.61. The lowest BCUT2D eigenvalue weighted by molar-refractivity contribution is -0.187. The molecule has 0 bridgehead atoms. The van der Waals surface area contributed by atoms with Crippen LogP contribution in [0.4, 0.5) is 13.2 Å². The van der Waals surface area contributed by atoms with Gasteiger partial charge < -0.3 is 19.4 Å². The number of benzene rings is 1. The highest BCUT2D eigenvalue weighted by molar-refractivity contribution is 5.83. The molecular weight excluding hydrogens is 365 g/mol. The molecule has 27 heavy (non-hydrogen) atoms. The maximum absolute atomic E-state index is 13.0. The van der Waals surface area contributed by atoms with Gasteiger partial charge in [-0.3, -0.25) is 9.59 Å². The van der Waals surface area contributed by atoms with Crippen LogP contribution in [-0.4, -0.2) is 48.3 Å². The molecule has 0 radical (unpaired) electrons. The number of amides is 1. The Morgan fingerprint density at radius 2 is 2.15 bits per heavy atom. The number of ether oxygens (including phenoxy) is 2. The SMILES string of the molecule is COc1ccc2cc(CN(C[C@H]3CCCO3)C(=O)C(F)(F)F)c(=O)[nH]c2c1. The summed E-state index contributed by atoms with van der Waals surface area (Å²) in [4.78, 5) is 27.4. The lowest BCUT2D eigenvalue weighted by Gasteiger charge is -2.26. The Morgan fingerprint density at radius 3 is 2.78 bits per heavy atom. The number of fused-ring (bicyclic) bond motifs is 1. The van der Waals surface area contributed by atoms with Gasteiger partial charge in [0.05, 0.1) is 25.3 Å². The molecule has 1 amide bonds. The van der Waals surface area contributed by atoms with Crippen molar-refractivity contribution in [3.63, 3.8) is 0 Å². The summed E-state index contributed by atoms with van der Waals surface area (Å²) in [6, 6.07) is 6.46. The minimum absolute atomic E-state index is 0.0725. The lowest BCUT2D eigenvalue weighted by Crippen LogP contribution is -2.45. The molecule has 1 aliphatic rings. The summed E-state index contributed by atoms with van der Waals surface area (Å²) in [7, 11) is 1.49. The molecule has 1 N–H and O–H groups in total. The number of rotatable bonds is 5. The van der Waals surface area contributed by atoms with Crippen LogP contribution in [0.5, 0.6) is 5.75 Å². The minimum Gasteiger partial charge on any atom is -0.497 e. The molecule has 3 rings (SSSR count). The van der Waals surface area contributed by atoms with Gasteiger partial charge in [-0.15, -0.1) is 0 Å². The molecule has 1 aliphatic heterocycles.